The van der Waals surface area contributed by atoms with Crippen molar-refractivity contribution in [2.45, 2.75) is 32.9 Å². The predicted octanol–water partition coefficient (Wildman–Crippen LogP) is 2.14. The van der Waals surface area contributed by atoms with E-state index in [1.54, 1.807) is 4.57 Å². The van der Waals surface area contributed by atoms with Gasteiger partial charge in [-0.25, -0.2) is 9.37 Å². The molecule has 1 fully saturated rings. The number of aryl methyl sites for hydroxylation is 1. The number of nitrogens with zero attached hydrogens (tertiary/aromatic N) is 5. The van der Waals surface area contributed by atoms with Crippen molar-refractivity contribution in [1.82, 2.24) is 24.6 Å². The lowest BCUT2D eigenvalue weighted by atomic mass is 9.96. The number of halogens is 1. The molecule has 0 amide bonds. The van der Waals surface area contributed by atoms with E-state index in [0.29, 0.717) is 41.6 Å². The number of benzene rings is 1. The molecule has 26 heavy (non-hydrogen) atoms. The van der Waals surface area contributed by atoms with Gasteiger partial charge in [-0.2, -0.15) is 4.98 Å². The van der Waals surface area contributed by atoms with Gasteiger partial charge in [-0.15, -0.1) is 0 Å². The first kappa shape index (κ1) is 16.8. The Labute approximate surface area is 149 Å². The summed E-state index contributed by atoms with van der Waals surface area (Å²) >= 11 is 0. The third-order valence-corrected chi connectivity index (χ3v) is 4.88. The predicted molar refractivity (Wildman–Crippen MR) is 93.0 cm³/mol. The molecule has 1 aromatic carbocycles. The second-order valence-electron chi connectivity index (χ2n) is 6.82. The second-order valence-corrected chi connectivity index (χ2v) is 6.82. The fourth-order valence-corrected chi connectivity index (χ4v) is 3.46. The van der Waals surface area contributed by atoms with E-state index in [9.17, 15) is 9.18 Å². The van der Waals surface area contributed by atoms with Gasteiger partial charge in [0.25, 0.3) is 5.56 Å². The van der Waals surface area contributed by atoms with Crippen LogP contribution in [-0.4, -0.2) is 37.7 Å². The Morgan fingerprint density at radius 1 is 1.31 bits per heavy atom. The molecule has 0 radical (unpaired) electrons. The number of rotatable bonds is 4. The minimum absolute atomic E-state index is 0.112. The van der Waals surface area contributed by atoms with Crippen LogP contribution in [-0.2, 0) is 13.1 Å². The van der Waals surface area contributed by atoms with Crippen molar-refractivity contribution in [2.24, 2.45) is 5.92 Å². The van der Waals surface area contributed by atoms with Gasteiger partial charge in [-0.3, -0.25) is 14.3 Å². The average molecular weight is 357 g/mol. The summed E-state index contributed by atoms with van der Waals surface area (Å²) in [5, 5.41) is 4.27. The highest BCUT2D eigenvalue weighted by Gasteiger charge is 2.21. The van der Waals surface area contributed by atoms with E-state index >= 15 is 0 Å². The first-order valence-electron chi connectivity index (χ1n) is 8.75. The summed E-state index contributed by atoms with van der Waals surface area (Å²) in [5.74, 6) is 1.32. The van der Waals surface area contributed by atoms with Crippen LogP contribution in [0.4, 0.5) is 4.39 Å². The van der Waals surface area contributed by atoms with E-state index in [4.69, 9.17) is 4.52 Å². The van der Waals surface area contributed by atoms with Crippen molar-refractivity contribution < 1.29 is 8.91 Å². The first-order valence-corrected chi connectivity index (χ1v) is 8.75. The number of likely N-dealkylation sites (tertiary alicyclic amines) is 1. The Hall–Kier alpha value is -2.61. The van der Waals surface area contributed by atoms with Crippen molar-refractivity contribution in [1.29, 1.82) is 0 Å². The van der Waals surface area contributed by atoms with Crippen molar-refractivity contribution in [3.63, 3.8) is 0 Å². The fourth-order valence-electron chi connectivity index (χ4n) is 3.46. The maximum Gasteiger partial charge on any atom is 0.261 e. The lowest BCUT2D eigenvalue weighted by Crippen LogP contribution is -2.36. The average Bonchev–Trinajstić information content (AvgIpc) is 3.04. The molecule has 3 aromatic rings. The van der Waals surface area contributed by atoms with E-state index in [-0.39, 0.29) is 11.4 Å². The first-order chi connectivity index (χ1) is 12.6. The van der Waals surface area contributed by atoms with E-state index in [1.165, 1.54) is 24.5 Å². The molecular formula is C18H20FN5O2. The highest BCUT2D eigenvalue weighted by Crippen LogP contribution is 2.20. The molecule has 4 rings (SSSR count). The van der Waals surface area contributed by atoms with Crippen LogP contribution in [0.3, 0.4) is 0 Å². The van der Waals surface area contributed by atoms with Crippen molar-refractivity contribution in [2.75, 3.05) is 13.1 Å². The Bertz CT molecular complexity index is 975. The number of fused-ring (bicyclic) bond motifs is 1. The summed E-state index contributed by atoms with van der Waals surface area (Å²) in [4.78, 5) is 23.3. The van der Waals surface area contributed by atoms with E-state index in [2.05, 4.69) is 20.0 Å². The number of aromatic nitrogens is 4. The standard InChI is InChI=1S/C18H20FN5O2/c1-12-21-17(26-22-12)10-23-6-4-13(5-7-23)9-24-11-20-16-8-14(19)2-3-15(16)18(24)25/h2-3,8,11,13H,4-7,9-10H2,1H3. The van der Waals surface area contributed by atoms with Crippen LogP contribution < -0.4 is 5.56 Å². The van der Waals surface area contributed by atoms with Gasteiger partial charge in [0, 0.05) is 12.6 Å². The Kier molecular flexibility index (Phi) is 4.50. The van der Waals surface area contributed by atoms with Gasteiger partial charge in [0.1, 0.15) is 5.82 Å². The summed E-state index contributed by atoms with van der Waals surface area (Å²) in [6, 6.07) is 4.10. The third-order valence-electron chi connectivity index (χ3n) is 4.88. The van der Waals surface area contributed by atoms with Crippen LogP contribution in [0.2, 0.25) is 0 Å². The van der Waals surface area contributed by atoms with Crippen LogP contribution in [0.1, 0.15) is 24.6 Å². The normalized spacial score (nSPS) is 16.4. The molecule has 0 unspecified atom stereocenters. The van der Waals surface area contributed by atoms with Crippen molar-refractivity contribution in [3.8, 4) is 0 Å². The summed E-state index contributed by atoms with van der Waals surface area (Å²) in [5.41, 5.74) is 0.287. The van der Waals surface area contributed by atoms with Crippen molar-refractivity contribution in [3.05, 3.63) is 52.4 Å². The maximum absolute atomic E-state index is 13.3. The quantitative estimate of drug-likeness (QED) is 0.712. The molecule has 2 aromatic heterocycles. The van der Waals surface area contributed by atoms with Gasteiger partial charge >= 0.3 is 0 Å². The maximum atomic E-state index is 13.3. The molecule has 1 aliphatic rings. The molecule has 3 heterocycles. The summed E-state index contributed by atoms with van der Waals surface area (Å²) in [6.07, 6.45) is 3.50. The SMILES string of the molecule is Cc1noc(CN2CCC(Cn3cnc4cc(F)ccc4c3=O)CC2)n1. The van der Waals surface area contributed by atoms with E-state index in [0.717, 1.165) is 25.9 Å². The molecule has 0 bridgehead atoms. The zero-order valence-electron chi connectivity index (χ0n) is 14.6. The monoisotopic (exact) mass is 357 g/mol. The lowest BCUT2D eigenvalue weighted by Gasteiger charge is -2.31. The van der Waals surface area contributed by atoms with Gasteiger partial charge in [-0.05, 0) is 50.9 Å². The van der Waals surface area contributed by atoms with E-state index in [1.807, 2.05) is 6.92 Å². The molecule has 0 saturated carbocycles. The summed E-state index contributed by atoms with van der Waals surface area (Å²) in [7, 11) is 0. The van der Waals surface area contributed by atoms with Crippen LogP contribution in [0.5, 0.6) is 0 Å². The zero-order valence-corrected chi connectivity index (χ0v) is 14.6. The molecule has 1 saturated heterocycles. The Morgan fingerprint density at radius 3 is 2.85 bits per heavy atom. The van der Waals surface area contributed by atoms with Crippen LogP contribution in [0.15, 0.2) is 33.8 Å². The van der Waals surface area contributed by atoms with Gasteiger partial charge < -0.3 is 4.52 Å². The molecule has 1 aliphatic heterocycles. The zero-order chi connectivity index (χ0) is 18.1. The molecule has 7 nitrogen and oxygen atoms in total. The lowest BCUT2D eigenvalue weighted by molar-refractivity contribution is 0.150. The minimum atomic E-state index is -0.383. The molecule has 0 N–H and O–H groups in total. The fraction of sp³-hybridized carbons (Fsp3) is 0.444. The highest BCUT2D eigenvalue weighted by molar-refractivity contribution is 5.77. The summed E-state index contributed by atoms with van der Waals surface area (Å²) in [6.45, 7) is 4.95. The van der Waals surface area contributed by atoms with Gasteiger partial charge in [0.2, 0.25) is 5.89 Å². The second kappa shape index (κ2) is 6.95. The number of piperidine rings is 1. The Balaban J connectivity index is 1.40. The highest BCUT2D eigenvalue weighted by atomic mass is 19.1. The van der Waals surface area contributed by atoms with Crippen LogP contribution in [0, 0.1) is 18.7 Å². The van der Waals surface area contributed by atoms with Gasteiger partial charge in [0.15, 0.2) is 5.82 Å². The molecular weight excluding hydrogens is 337 g/mol. The summed E-state index contributed by atoms with van der Waals surface area (Å²) < 4.78 is 20.1. The third kappa shape index (κ3) is 3.50. The van der Waals surface area contributed by atoms with Crippen LogP contribution in [0.25, 0.3) is 10.9 Å². The topological polar surface area (TPSA) is 77.0 Å². The molecule has 8 heteroatoms. The largest absolute Gasteiger partial charge is 0.338 e. The number of hydrogen-bond acceptors (Lipinski definition) is 6. The molecule has 0 atom stereocenters. The Morgan fingerprint density at radius 2 is 2.12 bits per heavy atom. The van der Waals surface area contributed by atoms with E-state index < -0.39 is 0 Å². The molecule has 136 valence electrons. The molecule has 0 spiro atoms. The smallest absolute Gasteiger partial charge is 0.261 e. The van der Waals surface area contributed by atoms with Gasteiger partial charge in [0.05, 0.1) is 23.8 Å². The minimum Gasteiger partial charge on any atom is -0.338 e. The van der Waals surface area contributed by atoms with Gasteiger partial charge in [-0.1, -0.05) is 5.16 Å². The number of hydrogen-bond donors (Lipinski definition) is 0. The van der Waals surface area contributed by atoms with Crippen molar-refractivity contribution >= 4 is 10.9 Å². The van der Waals surface area contributed by atoms with Crippen LogP contribution >= 0.6 is 0 Å². The molecule has 0 aliphatic carbocycles.